The van der Waals surface area contributed by atoms with E-state index in [-0.39, 0.29) is 5.41 Å². The average molecular weight is 207 g/mol. The van der Waals surface area contributed by atoms with E-state index in [1.165, 1.54) is 18.7 Å². The number of aromatic amines is 1. The van der Waals surface area contributed by atoms with E-state index in [2.05, 4.69) is 41.7 Å². The van der Waals surface area contributed by atoms with Gasteiger partial charge in [0.25, 0.3) is 0 Å². The van der Waals surface area contributed by atoms with Crippen LogP contribution in [0.25, 0.3) is 0 Å². The van der Waals surface area contributed by atoms with Gasteiger partial charge in [0.2, 0.25) is 0 Å². The third-order valence-electron chi connectivity index (χ3n) is 3.25. The second-order valence-corrected chi connectivity index (χ2v) is 5.14. The third kappa shape index (κ3) is 2.61. The van der Waals surface area contributed by atoms with Crippen molar-refractivity contribution in [1.82, 2.24) is 15.6 Å². The Balaban J connectivity index is 1.77. The van der Waals surface area contributed by atoms with Crippen LogP contribution in [0, 0.1) is 5.92 Å². The summed E-state index contributed by atoms with van der Waals surface area (Å²) >= 11 is 0. The van der Waals surface area contributed by atoms with Crippen LogP contribution in [-0.4, -0.2) is 31.2 Å². The van der Waals surface area contributed by atoms with E-state index in [0.717, 1.165) is 19.0 Å². The Kier molecular flexibility index (Phi) is 3.12. The topological polar surface area (TPSA) is 39.8 Å². The molecule has 1 aliphatic heterocycles. The summed E-state index contributed by atoms with van der Waals surface area (Å²) in [6.45, 7) is 9.10. The highest BCUT2D eigenvalue weighted by molar-refractivity contribution is 5.20. The van der Waals surface area contributed by atoms with E-state index in [9.17, 15) is 0 Å². The lowest BCUT2D eigenvalue weighted by atomic mass is 9.86. The minimum Gasteiger partial charge on any atom is -0.367 e. The summed E-state index contributed by atoms with van der Waals surface area (Å²) in [6.07, 6.45) is 4.08. The SMILES string of the molecule is CC(C)(CNCC1CNC1)c1cc[nH]c1. The summed E-state index contributed by atoms with van der Waals surface area (Å²) in [4.78, 5) is 3.12. The maximum atomic E-state index is 3.56. The fourth-order valence-corrected chi connectivity index (χ4v) is 1.93. The zero-order chi connectivity index (χ0) is 10.7. The molecule has 1 aliphatic rings. The molecular formula is C12H21N3. The Bertz CT molecular complexity index is 286. The number of hydrogen-bond acceptors (Lipinski definition) is 2. The van der Waals surface area contributed by atoms with Crippen molar-refractivity contribution in [1.29, 1.82) is 0 Å². The van der Waals surface area contributed by atoms with Gasteiger partial charge in [0.15, 0.2) is 0 Å². The first-order chi connectivity index (χ1) is 7.18. The van der Waals surface area contributed by atoms with Crippen molar-refractivity contribution >= 4 is 0 Å². The number of rotatable bonds is 5. The zero-order valence-corrected chi connectivity index (χ0v) is 9.64. The molecule has 0 saturated carbocycles. The summed E-state index contributed by atoms with van der Waals surface area (Å²) in [6, 6.07) is 2.16. The molecule has 2 rings (SSSR count). The molecule has 0 unspecified atom stereocenters. The van der Waals surface area contributed by atoms with Gasteiger partial charge in [-0.2, -0.15) is 0 Å². The van der Waals surface area contributed by atoms with Crippen LogP contribution in [0.1, 0.15) is 19.4 Å². The quantitative estimate of drug-likeness (QED) is 0.676. The molecule has 0 aliphatic carbocycles. The predicted molar refractivity (Wildman–Crippen MR) is 63.0 cm³/mol. The maximum absolute atomic E-state index is 3.56. The normalized spacial score (nSPS) is 17.7. The molecule has 1 aromatic heterocycles. The molecule has 3 N–H and O–H groups in total. The number of H-pyrrole nitrogens is 1. The molecule has 3 nitrogen and oxygen atoms in total. The van der Waals surface area contributed by atoms with Crippen LogP contribution >= 0.6 is 0 Å². The first-order valence-electron chi connectivity index (χ1n) is 5.73. The van der Waals surface area contributed by atoms with Gasteiger partial charge in [-0.05, 0) is 17.5 Å². The van der Waals surface area contributed by atoms with E-state index >= 15 is 0 Å². The highest BCUT2D eigenvalue weighted by Gasteiger charge is 2.22. The largest absolute Gasteiger partial charge is 0.367 e. The first kappa shape index (κ1) is 10.7. The number of nitrogens with one attached hydrogen (secondary N) is 3. The Morgan fingerprint density at radius 1 is 1.47 bits per heavy atom. The molecular weight excluding hydrogens is 186 g/mol. The lowest BCUT2D eigenvalue weighted by Crippen LogP contribution is -2.48. The van der Waals surface area contributed by atoms with Crippen LogP contribution in [0.4, 0.5) is 0 Å². The van der Waals surface area contributed by atoms with Gasteiger partial charge in [-0.3, -0.25) is 0 Å². The van der Waals surface area contributed by atoms with Crippen LogP contribution < -0.4 is 10.6 Å². The van der Waals surface area contributed by atoms with Crippen molar-refractivity contribution in [2.75, 3.05) is 26.2 Å². The van der Waals surface area contributed by atoms with Crippen molar-refractivity contribution in [2.24, 2.45) is 5.92 Å². The van der Waals surface area contributed by atoms with Crippen LogP contribution in [0.5, 0.6) is 0 Å². The molecule has 0 radical (unpaired) electrons. The average Bonchev–Trinajstić information content (AvgIpc) is 2.62. The van der Waals surface area contributed by atoms with E-state index in [1.54, 1.807) is 0 Å². The van der Waals surface area contributed by atoms with Crippen LogP contribution in [0.2, 0.25) is 0 Å². The summed E-state index contributed by atoms with van der Waals surface area (Å²) in [5, 5.41) is 6.85. The monoisotopic (exact) mass is 207 g/mol. The van der Waals surface area contributed by atoms with Gasteiger partial charge in [0.05, 0.1) is 0 Å². The smallest absolute Gasteiger partial charge is 0.00438 e. The minimum atomic E-state index is 0.219. The van der Waals surface area contributed by atoms with E-state index < -0.39 is 0 Å². The summed E-state index contributed by atoms with van der Waals surface area (Å²) in [7, 11) is 0. The fourth-order valence-electron chi connectivity index (χ4n) is 1.93. The van der Waals surface area contributed by atoms with Crippen molar-refractivity contribution in [2.45, 2.75) is 19.3 Å². The Morgan fingerprint density at radius 2 is 2.27 bits per heavy atom. The van der Waals surface area contributed by atoms with E-state index in [0.29, 0.717) is 0 Å². The second kappa shape index (κ2) is 4.37. The van der Waals surface area contributed by atoms with Gasteiger partial charge in [-0.25, -0.2) is 0 Å². The van der Waals surface area contributed by atoms with Gasteiger partial charge in [0, 0.05) is 44.0 Å². The molecule has 0 aromatic carbocycles. The van der Waals surface area contributed by atoms with Gasteiger partial charge in [0.1, 0.15) is 0 Å². The van der Waals surface area contributed by atoms with Crippen molar-refractivity contribution in [3.63, 3.8) is 0 Å². The lowest BCUT2D eigenvalue weighted by molar-refractivity contribution is 0.319. The van der Waals surface area contributed by atoms with Gasteiger partial charge >= 0.3 is 0 Å². The van der Waals surface area contributed by atoms with Gasteiger partial charge in [-0.15, -0.1) is 0 Å². The second-order valence-electron chi connectivity index (χ2n) is 5.14. The molecule has 0 amide bonds. The molecule has 0 spiro atoms. The molecule has 3 heteroatoms. The van der Waals surface area contributed by atoms with Crippen LogP contribution in [0.3, 0.4) is 0 Å². The summed E-state index contributed by atoms with van der Waals surface area (Å²) < 4.78 is 0. The lowest BCUT2D eigenvalue weighted by Gasteiger charge is -2.30. The van der Waals surface area contributed by atoms with Gasteiger partial charge < -0.3 is 15.6 Å². The van der Waals surface area contributed by atoms with Crippen LogP contribution in [0.15, 0.2) is 18.5 Å². The van der Waals surface area contributed by atoms with E-state index in [4.69, 9.17) is 0 Å². The molecule has 15 heavy (non-hydrogen) atoms. The third-order valence-corrected chi connectivity index (χ3v) is 3.25. The summed E-state index contributed by atoms with van der Waals surface area (Å²) in [5.74, 6) is 0.840. The molecule has 84 valence electrons. The van der Waals surface area contributed by atoms with E-state index in [1.807, 2.05) is 6.20 Å². The fraction of sp³-hybridized carbons (Fsp3) is 0.667. The van der Waals surface area contributed by atoms with Crippen molar-refractivity contribution in [3.05, 3.63) is 24.0 Å². The summed E-state index contributed by atoms with van der Waals surface area (Å²) in [5.41, 5.74) is 1.60. The maximum Gasteiger partial charge on any atom is 0.00438 e. The molecule has 0 bridgehead atoms. The Morgan fingerprint density at radius 3 is 2.80 bits per heavy atom. The Labute approximate surface area is 91.7 Å². The molecule has 1 fully saturated rings. The first-order valence-corrected chi connectivity index (χ1v) is 5.73. The predicted octanol–water partition coefficient (Wildman–Crippen LogP) is 1.10. The van der Waals surface area contributed by atoms with Crippen LogP contribution in [-0.2, 0) is 5.41 Å². The minimum absolute atomic E-state index is 0.219. The zero-order valence-electron chi connectivity index (χ0n) is 9.64. The highest BCUT2D eigenvalue weighted by Crippen LogP contribution is 2.21. The van der Waals surface area contributed by atoms with Crippen molar-refractivity contribution in [3.8, 4) is 0 Å². The molecule has 1 saturated heterocycles. The van der Waals surface area contributed by atoms with Gasteiger partial charge in [-0.1, -0.05) is 13.8 Å². The highest BCUT2D eigenvalue weighted by atomic mass is 15.0. The molecule has 0 atom stereocenters. The standard InChI is InChI=1S/C12H21N3/c1-12(2,11-3-4-13-8-11)9-15-7-10-5-14-6-10/h3-4,8,10,13-15H,5-7,9H2,1-2H3. The Hall–Kier alpha value is -0.800. The molecule has 1 aromatic rings. The number of aromatic nitrogens is 1. The number of hydrogen-bond donors (Lipinski definition) is 3. The molecule has 2 heterocycles. The van der Waals surface area contributed by atoms with Crippen molar-refractivity contribution < 1.29 is 0 Å².